The predicted molar refractivity (Wildman–Crippen MR) is 78.5 cm³/mol. The van der Waals surface area contributed by atoms with E-state index in [2.05, 4.69) is 0 Å². The third-order valence-corrected chi connectivity index (χ3v) is 5.02. The molecule has 0 amide bonds. The van der Waals surface area contributed by atoms with Crippen molar-refractivity contribution in [2.75, 3.05) is 32.4 Å². The number of hydrogen-bond donors (Lipinski definition) is 0. The van der Waals surface area contributed by atoms with Crippen molar-refractivity contribution in [3.8, 4) is 0 Å². The van der Waals surface area contributed by atoms with Gasteiger partial charge in [0.1, 0.15) is 0 Å². The number of rotatable bonds is 3. The predicted octanol–water partition coefficient (Wildman–Crippen LogP) is 0.129. The number of benzene rings is 1. The second kappa shape index (κ2) is 5.28. The molecule has 7 nitrogen and oxygen atoms in total. The van der Waals surface area contributed by atoms with Crippen LogP contribution in [-0.4, -0.2) is 54.6 Å². The molecule has 0 unspecified atom stereocenters. The zero-order chi connectivity index (χ0) is 15.0. The number of piperazine rings is 1. The number of hydrogen-bond acceptors (Lipinski definition) is 5. The van der Waals surface area contributed by atoms with E-state index in [1.54, 1.807) is 10.6 Å². The Bertz CT molecular complexity index is 800. The highest BCUT2D eigenvalue weighted by molar-refractivity contribution is 7.88. The lowest BCUT2D eigenvalue weighted by molar-refractivity contribution is 0.150. The number of nitrogens with zero attached hydrogens (tertiary/aromatic N) is 3. The van der Waals surface area contributed by atoms with E-state index in [-0.39, 0.29) is 5.76 Å². The molecule has 0 atom stereocenters. The highest BCUT2D eigenvalue weighted by Gasteiger charge is 2.24. The Balaban J connectivity index is 1.76. The van der Waals surface area contributed by atoms with E-state index in [1.807, 2.05) is 23.1 Å². The van der Waals surface area contributed by atoms with Gasteiger partial charge in [-0.05, 0) is 12.1 Å². The second-order valence-electron chi connectivity index (χ2n) is 5.19. The van der Waals surface area contributed by atoms with Crippen LogP contribution in [0.1, 0.15) is 0 Å². The number of para-hydroxylation sites is 2. The summed E-state index contributed by atoms with van der Waals surface area (Å²) in [6.45, 7) is 2.50. The van der Waals surface area contributed by atoms with Crippen LogP contribution in [0.15, 0.2) is 33.5 Å². The van der Waals surface area contributed by atoms with Gasteiger partial charge < -0.3 is 4.42 Å². The Morgan fingerprint density at radius 1 is 1.14 bits per heavy atom. The molecular weight excluding hydrogens is 294 g/mol. The summed E-state index contributed by atoms with van der Waals surface area (Å²) in [5, 5.41) is 0. The number of aromatic nitrogens is 1. The lowest BCUT2D eigenvalue weighted by atomic mass is 10.3. The van der Waals surface area contributed by atoms with Crippen molar-refractivity contribution in [1.82, 2.24) is 13.8 Å². The molecule has 114 valence electrons. The molecule has 2 heterocycles. The fourth-order valence-corrected chi connectivity index (χ4v) is 3.38. The smallest absolute Gasteiger partial charge is 0.408 e. The second-order valence-corrected chi connectivity index (χ2v) is 7.17. The van der Waals surface area contributed by atoms with Crippen LogP contribution >= 0.6 is 0 Å². The summed E-state index contributed by atoms with van der Waals surface area (Å²) in [4.78, 5) is 13.9. The molecule has 0 aliphatic carbocycles. The Morgan fingerprint density at radius 2 is 1.81 bits per heavy atom. The summed E-state index contributed by atoms with van der Waals surface area (Å²) in [5.41, 5.74) is 1.32. The molecule has 2 aromatic rings. The lowest BCUT2D eigenvalue weighted by Gasteiger charge is -2.33. The van der Waals surface area contributed by atoms with Gasteiger partial charge in [-0.2, -0.15) is 4.31 Å². The topological polar surface area (TPSA) is 75.8 Å². The first-order valence-electron chi connectivity index (χ1n) is 6.71. The largest absolute Gasteiger partial charge is 0.421 e. The van der Waals surface area contributed by atoms with Gasteiger partial charge >= 0.3 is 5.76 Å². The van der Waals surface area contributed by atoms with Gasteiger partial charge in [0.05, 0.1) is 18.4 Å². The van der Waals surface area contributed by atoms with E-state index in [4.69, 9.17) is 4.42 Å². The van der Waals surface area contributed by atoms with Crippen molar-refractivity contribution >= 4 is 21.1 Å². The van der Waals surface area contributed by atoms with Gasteiger partial charge in [-0.1, -0.05) is 12.1 Å². The standard InChI is InChI=1S/C13H17N3O4S/c1-21(18,19)15-8-6-14(7-9-15)10-16-11-4-2-3-5-12(11)20-13(16)17/h2-5H,6-10H2,1H3. The molecule has 0 spiro atoms. The molecule has 21 heavy (non-hydrogen) atoms. The summed E-state index contributed by atoms with van der Waals surface area (Å²) in [6.07, 6.45) is 1.22. The molecular formula is C13H17N3O4S. The van der Waals surface area contributed by atoms with Crippen LogP contribution in [0, 0.1) is 0 Å². The summed E-state index contributed by atoms with van der Waals surface area (Å²) in [6, 6.07) is 7.28. The molecule has 8 heteroatoms. The maximum atomic E-state index is 11.9. The van der Waals surface area contributed by atoms with Crippen molar-refractivity contribution < 1.29 is 12.8 Å². The fraction of sp³-hybridized carbons (Fsp3) is 0.462. The van der Waals surface area contributed by atoms with Crippen molar-refractivity contribution in [2.45, 2.75) is 6.67 Å². The average Bonchev–Trinajstić information content (AvgIpc) is 2.75. The summed E-state index contributed by atoms with van der Waals surface area (Å²) >= 11 is 0. The third kappa shape index (κ3) is 2.87. The zero-order valence-electron chi connectivity index (χ0n) is 11.7. The van der Waals surface area contributed by atoms with Crippen molar-refractivity contribution in [3.05, 3.63) is 34.8 Å². The van der Waals surface area contributed by atoms with E-state index in [9.17, 15) is 13.2 Å². The number of fused-ring (bicyclic) bond motifs is 1. The van der Waals surface area contributed by atoms with E-state index in [0.717, 1.165) is 5.52 Å². The van der Waals surface area contributed by atoms with Gasteiger partial charge in [-0.3, -0.25) is 9.47 Å². The molecule has 1 saturated heterocycles. The monoisotopic (exact) mass is 311 g/mol. The van der Waals surface area contributed by atoms with Gasteiger partial charge in [0.25, 0.3) is 0 Å². The van der Waals surface area contributed by atoms with Crippen LogP contribution < -0.4 is 5.76 Å². The van der Waals surface area contributed by atoms with Crippen LogP contribution in [0.2, 0.25) is 0 Å². The SMILES string of the molecule is CS(=O)(=O)N1CCN(Cn2c(=O)oc3ccccc32)CC1. The number of sulfonamides is 1. The van der Waals surface area contributed by atoms with Crippen LogP contribution in [0.4, 0.5) is 0 Å². The maximum absolute atomic E-state index is 11.9. The van der Waals surface area contributed by atoms with Crippen LogP contribution in [0.25, 0.3) is 11.1 Å². The first-order chi connectivity index (χ1) is 9.95. The van der Waals surface area contributed by atoms with Gasteiger partial charge in [-0.15, -0.1) is 0 Å². The van der Waals surface area contributed by atoms with Gasteiger partial charge in [-0.25, -0.2) is 13.2 Å². The molecule has 1 aliphatic heterocycles. The molecule has 3 rings (SSSR count). The van der Waals surface area contributed by atoms with Crippen molar-refractivity contribution in [1.29, 1.82) is 0 Å². The molecule has 1 aromatic heterocycles. The molecule has 1 aromatic carbocycles. The highest BCUT2D eigenvalue weighted by Crippen LogP contribution is 2.13. The van der Waals surface area contributed by atoms with E-state index < -0.39 is 10.0 Å². The van der Waals surface area contributed by atoms with E-state index in [1.165, 1.54) is 10.6 Å². The Kier molecular flexibility index (Phi) is 3.60. The lowest BCUT2D eigenvalue weighted by Crippen LogP contribution is -2.49. The van der Waals surface area contributed by atoms with E-state index >= 15 is 0 Å². The minimum Gasteiger partial charge on any atom is -0.408 e. The first-order valence-corrected chi connectivity index (χ1v) is 8.56. The molecule has 0 N–H and O–H groups in total. The average molecular weight is 311 g/mol. The fourth-order valence-electron chi connectivity index (χ4n) is 2.55. The van der Waals surface area contributed by atoms with Crippen LogP contribution in [0.5, 0.6) is 0 Å². The Hall–Kier alpha value is -1.64. The third-order valence-electron chi connectivity index (χ3n) is 3.72. The summed E-state index contributed by atoms with van der Waals surface area (Å²) in [7, 11) is -3.13. The maximum Gasteiger partial charge on any atom is 0.421 e. The number of oxazole rings is 1. The Morgan fingerprint density at radius 3 is 2.48 bits per heavy atom. The van der Waals surface area contributed by atoms with E-state index in [0.29, 0.717) is 38.4 Å². The minimum absolute atomic E-state index is 0.387. The van der Waals surface area contributed by atoms with Crippen molar-refractivity contribution in [2.24, 2.45) is 0 Å². The molecule has 1 fully saturated rings. The molecule has 0 bridgehead atoms. The van der Waals surface area contributed by atoms with Crippen molar-refractivity contribution in [3.63, 3.8) is 0 Å². The molecule has 0 radical (unpaired) electrons. The van der Waals surface area contributed by atoms with Crippen LogP contribution in [0.3, 0.4) is 0 Å². The van der Waals surface area contributed by atoms with Crippen LogP contribution in [-0.2, 0) is 16.7 Å². The minimum atomic E-state index is -3.13. The van der Waals surface area contributed by atoms with Gasteiger partial charge in [0, 0.05) is 26.2 Å². The summed E-state index contributed by atoms with van der Waals surface area (Å²) in [5.74, 6) is -0.387. The molecule has 1 aliphatic rings. The summed E-state index contributed by atoms with van der Waals surface area (Å²) < 4.78 is 31.2. The normalized spacial score (nSPS) is 18.3. The quantitative estimate of drug-likeness (QED) is 0.805. The zero-order valence-corrected chi connectivity index (χ0v) is 12.5. The first kappa shape index (κ1) is 14.3. The van der Waals surface area contributed by atoms with Gasteiger partial charge in [0.2, 0.25) is 10.0 Å². The van der Waals surface area contributed by atoms with Gasteiger partial charge in [0.15, 0.2) is 5.58 Å². The Labute approximate surface area is 122 Å². The molecule has 0 saturated carbocycles. The highest BCUT2D eigenvalue weighted by atomic mass is 32.2.